The van der Waals surface area contributed by atoms with Gasteiger partial charge in [0.05, 0.1) is 5.57 Å². The molecule has 0 aromatic carbocycles. The summed E-state index contributed by atoms with van der Waals surface area (Å²) >= 11 is 0. The summed E-state index contributed by atoms with van der Waals surface area (Å²) < 4.78 is 0. The van der Waals surface area contributed by atoms with Crippen LogP contribution in [0.1, 0.15) is 59.3 Å². The van der Waals surface area contributed by atoms with Crippen molar-refractivity contribution in [2.75, 3.05) is 0 Å². The smallest absolute Gasteiger partial charge is 0.103 e. The van der Waals surface area contributed by atoms with E-state index >= 15 is 0 Å². The summed E-state index contributed by atoms with van der Waals surface area (Å²) in [6.07, 6.45) is 7.14. The quantitative estimate of drug-likeness (QED) is 0.347. The van der Waals surface area contributed by atoms with E-state index in [1.165, 1.54) is 25.7 Å². The Hall–Kier alpha value is -0.990. The van der Waals surface area contributed by atoms with E-state index in [0.29, 0.717) is 0 Å². The Balaban J connectivity index is 3.78. The van der Waals surface area contributed by atoms with Gasteiger partial charge in [-0.15, -0.1) is 5.73 Å². The van der Waals surface area contributed by atoms with Gasteiger partial charge in [-0.25, -0.2) is 0 Å². The maximum Gasteiger partial charge on any atom is 0.103 e. The predicted octanol–water partition coefficient (Wildman–Crippen LogP) is 4.36. The first-order chi connectivity index (χ1) is 6.70. The Bertz CT molecular complexity index is 245. The summed E-state index contributed by atoms with van der Waals surface area (Å²) in [6, 6.07) is 2.21. The van der Waals surface area contributed by atoms with Gasteiger partial charge in [0, 0.05) is 0 Å². The van der Waals surface area contributed by atoms with Gasteiger partial charge in [0.25, 0.3) is 0 Å². The molecule has 0 aromatic rings. The standard InChI is InChI=1S/C13H21N/c1-4-5-6-7-8-9-13(11-14)10-12(2)3/h4-9H2,1-3H3. The number of nitrogens with zero attached hydrogens (tertiary/aromatic N) is 1. The molecule has 0 rings (SSSR count). The van der Waals surface area contributed by atoms with Crippen LogP contribution in [0.15, 0.2) is 16.9 Å². The summed E-state index contributed by atoms with van der Waals surface area (Å²) in [7, 11) is 0. The van der Waals surface area contributed by atoms with E-state index in [1.54, 1.807) is 0 Å². The van der Waals surface area contributed by atoms with E-state index in [4.69, 9.17) is 5.26 Å². The van der Waals surface area contributed by atoms with Gasteiger partial charge in [0.1, 0.15) is 6.07 Å². The first-order valence-corrected chi connectivity index (χ1v) is 5.53. The van der Waals surface area contributed by atoms with Gasteiger partial charge < -0.3 is 0 Å². The largest absolute Gasteiger partial charge is 0.192 e. The summed E-state index contributed by atoms with van der Waals surface area (Å²) in [5.41, 5.74) is 4.99. The number of nitriles is 1. The van der Waals surface area contributed by atoms with Gasteiger partial charge in [0.15, 0.2) is 0 Å². The molecule has 0 spiro atoms. The van der Waals surface area contributed by atoms with Crippen LogP contribution in [0.25, 0.3) is 0 Å². The second-order valence-electron chi connectivity index (χ2n) is 3.88. The van der Waals surface area contributed by atoms with Crippen molar-refractivity contribution >= 4 is 0 Å². The zero-order chi connectivity index (χ0) is 10.8. The highest BCUT2D eigenvalue weighted by Crippen LogP contribution is 2.10. The number of rotatable bonds is 6. The van der Waals surface area contributed by atoms with Crippen molar-refractivity contribution in [1.82, 2.24) is 0 Å². The second-order valence-corrected chi connectivity index (χ2v) is 3.88. The fourth-order valence-electron chi connectivity index (χ4n) is 1.35. The Morgan fingerprint density at radius 2 is 1.71 bits per heavy atom. The van der Waals surface area contributed by atoms with Gasteiger partial charge in [-0.2, -0.15) is 5.26 Å². The minimum atomic E-state index is 0.807. The van der Waals surface area contributed by atoms with Crippen molar-refractivity contribution in [2.45, 2.75) is 59.3 Å². The summed E-state index contributed by atoms with van der Waals surface area (Å²) in [5, 5.41) is 8.81. The lowest BCUT2D eigenvalue weighted by atomic mass is 10.1. The molecular formula is C13H21N. The van der Waals surface area contributed by atoms with Crippen molar-refractivity contribution in [3.63, 3.8) is 0 Å². The van der Waals surface area contributed by atoms with E-state index in [1.807, 2.05) is 13.8 Å². The molecule has 0 aliphatic rings. The van der Waals surface area contributed by atoms with Crippen LogP contribution >= 0.6 is 0 Å². The fraction of sp³-hybridized carbons (Fsp3) is 0.692. The highest BCUT2D eigenvalue weighted by Gasteiger charge is 1.94. The van der Waals surface area contributed by atoms with Crippen LogP contribution in [0, 0.1) is 11.3 Å². The lowest BCUT2D eigenvalue weighted by molar-refractivity contribution is 0.634. The molecule has 78 valence electrons. The molecule has 0 N–H and O–H groups in total. The molecule has 0 bridgehead atoms. The summed E-state index contributed by atoms with van der Waals surface area (Å²) in [4.78, 5) is 0. The van der Waals surface area contributed by atoms with Crippen molar-refractivity contribution < 1.29 is 0 Å². The van der Waals surface area contributed by atoms with Gasteiger partial charge in [-0.05, 0) is 32.3 Å². The lowest BCUT2D eigenvalue weighted by Gasteiger charge is -1.97. The van der Waals surface area contributed by atoms with Crippen molar-refractivity contribution in [1.29, 1.82) is 5.26 Å². The van der Waals surface area contributed by atoms with Crippen LogP contribution in [0.2, 0.25) is 0 Å². The average molecular weight is 191 g/mol. The van der Waals surface area contributed by atoms with Gasteiger partial charge in [-0.1, -0.05) is 32.6 Å². The molecule has 0 aliphatic heterocycles. The Labute approximate surface area is 88.1 Å². The number of hydrogen-bond donors (Lipinski definition) is 0. The first kappa shape index (κ1) is 13.0. The topological polar surface area (TPSA) is 23.8 Å². The van der Waals surface area contributed by atoms with Crippen LogP contribution in [-0.4, -0.2) is 0 Å². The molecule has 0 amide bonds. The van der Waals surface area contributed by atoms with Crippen LogP contribution in [0.4, 0.5) is 0 Å². The van der Waals surface area contributed by atoms with Crippen molar-refractivity contribution in [2.24, 2.45) is 0 Å². The van der Waals surface area contributed by atoms with E-state index in [9.17, 15) is 0 Å². The predicted molar refractivity (Wildman–Crippen MR) is 60.9 cm³/mol. The SMILES string of the molecule is CCCCCCCC(=C=C(C)C)C#N. The minimum absolute atomic E-state index is 0.807. The average Bonchev–Trinajstić information content (AvgIpc) is 2.15. The molecule has 0 atom stereocenters. The fourth-order valence-corrected chi connectivity index (χ4v) is 1.35. The highest BCUT2D eigenvalue weighted by atomic mass is 14.2. The molecule has 0 heterocycles. The molecule has 0 saturated heterocycles. The van der Waals surface area contributed by atoms with E-state index in [2.05, 4.69) is 18.7 Å². The molecule has 0 fully saturated rings. The summed E-state index contributed by atoms with van der Waals surface area (Å²) in [5.74, 6) is 0. The van der Waals surface area contributed by atoms with Crippen LogP contribution in [0.3, 0.4) is 0 Å². The lowest BCUT2D eigenvalue weighted by Crippen LogP contribution is -1.81. The first-order valence-electron chi connectivity index (χ1n) is 5.53. The zero-order valence-corrected chi connectivity index (χ0v) is 9.69. The maximum absolute atomic E-state index is 8.81. The molecule has 0 aromatic heterocycles. The third kappa shape index (κ3) is 7.65. The van der Waals surface area contributed by atoms with Gasteiger partial charge in [-0.3, -0.25) is 0 Å². The normalized spacial score (nSPS) is 9.00. The van der Waals surface area contributed by atoms with Crippen LogP contribution < -0.4 is 0 Å². The summed E-state index contributed by atoms with van der Waals surface area (Å²) in [6.45, 7) is 6.17. The monoisotopic (exact) mass is 191 g/mol. The highest BCUT2D eigenvalue weighted by molar-refractivity contribution is 5.21. The number of hydrogen-bond acceptors (Lipinski definition) is 1. The minimum Gasteiger partial charge on any atom is -0.192 e. The molecule has 0 saturated carbocycles. The molecular weight excluding hydrogens is 170 g/mol. The van der Waals surface area contributed by atoms with Crippen molar-refractivity contribution in [3.05, 3.63) is 16.9 Å². The van der Waals surface area contributed by atoms with E-state index in [0.717, 1.165) is 24.0 Å². The Kier molecular flexibility index (Phi) is 7.99. The Morgan fingerprint density at radius 3 is 2.21 bits per heavy atom. The molecule has 1 nitrogen and oxygen atoms in total. The van der Waals surface area contributed by atoms with Gasteiger partial charge in [0.2, 0.25) is 0 Å². The molecule has 0 unspecified atom stereocenters. The van der Waals surface area contributed by atoms with Crippen molar-refractivity contribution in [3.8, 4) is 6.07 Å². The molecule has 0 radical (unpaired) electrons. The maximum atomic E-state index is 8.81. The van der Waals surface area contributed by atoms with E-state index < -0.39 is 0 Å². The second kappa shape index (κ2) is 8.60. The van der Waals surface area contributed by atoms with Crippen LogP contribution in [-0.2, 0) is 0 Å². The number of allylic oxidation sites excluding steroid dienone is 1. The number of unbranched alkanes of at least 4 members (excludes halogenated alkanes) is 4. The van der Waals surface area contributed by atoms with Crippen LogP contribution in [0.5, 0.6) is 0 Å². The third-order valence-corrected chi connectivity index (χ3v) is 2.07. The van der Waals surface area contributed by atoms with E-state index in [-0.39, 0.29) is 0 Å². The molecule has 14 heavy (non-hydrogen) atoms. The zero-order valence-electron chi connectivity index (χ0n) is 9.69. The molecule has 1 heteroatoms. The third-order valence-electron chi connectivity index (χ3n) is 2.07. The molecule has 0 aliphatic carbocycles. The Morgan fingerprint density at radius 1 is 1.07 bits per heavy atom. The van der Waals surface area contributed by atoms with Gasteiger partial charge >= 0.3 is 0 Å².